The van der Waals surface area contributed by atoms with Crippen LogP contribution in [-0.4, -0.2) is 22.1 Å². The zero-order valence-corrected chi connectivity index (χ0v) is 12.4. The maximum atomic E-state index is 5.25. The molecule has 0 bridgehead atoms. The number of H-pyrrole nitrogens is 1. The van der Waals surface area contributed by atoms with E-state index in [9.17, 15) is 0 Å². The molecule has 0 saturated heterocycles. The number of aromatic nitrogens is 3. The number of rotatable bonds is 3. The highest BCUT2D eigenvalue weighted by Gasteiger charge is 2.10. The lowest BCUT2D eigenvalue weighted by molar-refractivity contribution is 0.415. The van der Waals surface area contributed by atoms with Gasteiger partial charge in [-0.2, -0.15) is 0 Å². The minimum atomic E-state index is 0.787. The van der Waals surface area contributed by atoms with Crippen LogP contribution < -0.4 is 4.74 Å². The Kier molecular flexibility index (Phi) is 3.52. The third-order valence-corrected chi connectivity index (χ3v) is 3.67. The number of aromatic amines is 1. The van der Waals surface area contributed by atoms with Crippen molar-refractivity contribution in [3.8, 4) is 28.4 Å². The van der Waals surface area contributed by atoms with Gasteiger partial charge in [-0.15, -0.1) is 0 Å². The first-order valence-corrected chi connectivity index (χ1v) is 6.86. The molecule has 0 amide bonds. The van der Waals surface area contributed by atoms with Gasteiger partial charge in [-0.05, 0) is 30.3 Å². The summed E-state index contributed by atoms with van der Waals surface area (Å²) in [6.07, 6.45) is 5.36. The molecule has 0 saturated carbocycles. The Balaban J connectivity index is 2.02. The lowest BCUT2D eigenvalue weighted by Crippen LogP contribution is -1.87. The summed E-state index contributed by atoms with van der Waals surface area (Å²) >= 11 is 3.53. The summed E-state index contributed by atoms with van der Waals surface area (Å²) in [7, 11) is 1.65. The average molecular weight is 330 g/mol. The minimum absolute atomic E-state index is 0.787. The molecular weight excluding hydrogens is 318 g/mol. The van der Waals surface area contributed by atoms with Crippen molar-refractivity contribution in [3.05, 3.63) is 53.4 Å². The second-order valence-corrected chi connectivity index (χ2v) is 5.09. The van der Waals surface area contributed by atoms with Crippen LogP contribution in [0.4, 0.5) is 0 Å². The molecule has 0 aliphatic heterocycles. The first-order valence-electron chi connectivity index (χ1n) is 6.07. The van der Waals surface area contributed by atoms with Crippen LogP contribution in [0.15, 0.2) is 53.4 Å². The molecule has 0 spiro atoms. The Hall–Kier alpha value is -2.14. The van der Waals surface area contributed by atoms with Gasteiger partial charge in [-0.25, -0.2) is 4.98 Å². The maximum absolute atomic E-state index is 5.25. The first kappa shape index (κ1) is 12.9. The van der Waals surface area contributed by atoms with E-state index in [0.717, 1.165) is 32.9 Å². The van der Waals surface area contributed by atoms with Gasteiger partial charge in [0.25, 0.3) is 0 Å². The van der Waals surface area contributed by atoms with Gasteiger partial charge in [0.2, 0.25) is 0 Å². The SMILES string of the molecule is COc1ccc(Br)c(-c2ncc(-c3cccnc3)[nH]2)c1. The van der Waals surface area contributed by atoms with E-state index >= 15 is 0 Å². The number of nitrogens with one attached hydrogen (secondary N) is 1. The second kappa shape index (κ2) is 5.46. The minimum Gasteiger partial charge on any atom is -0.497 e. The summed E-state index contributed by atoms with van der Waals surface area (Å²) in [4.78, 5) is 11.8. The van der Waals surface area contributed by atoms with Gasteiger partial charge in [0.05, 0.1) is 19.0 Å². The van der Waals surface area contributed by atoms with E-state index in [1.165, 1.54) is 0 Å². The van der Waals surface area contributed by atoms with Crippen LogP contribution in [0, 0.1) is 0 Å². The molecule has 0 atom stereocenters. The maximum Gasteiger partial charge on any atom is 0.139 e. The molecule has 4 nitrogen and oxygen atoms in total. The van der Waals surface area contributed by atoms with Gasteiger partial charge in [-0.3, -0.25) is 4.98 Å². The number of imidazole rings is 1. The highest BCUT2D eigenvalue weighted by molar-refractivity contribution is 9.10. The van der Waals surface area contributed by atoms with Gasteiger partial charge in [0.15, 0.2) is 0 Å². The number of halogens is 1. The van der Waals surface area contributed by atoms with E-state index in [0.29, 0.717) is 0 Å². The smallest absolute Gasteiger partial charge is 0.139 e. The molecule has 1 aromatic carbocycles. The molecule has 0 fully saturated rings. The first-order chi connectivity index (χ1) is 9.78. The second-order valence-electron chi connectivity index (χ2n) is 4.23. The van der Waals surface area contributed by atoms with Crippen molar-refractivity contribution in [2.75, 3.05) is 7.11 Å². The van der Waals surface area contributed by atoms with Gasteiger partial charge in [0, 0.05) is 28.0 Å². The Morgan fingerprint density at radius 3 is 2.85 bits per heavy atom. The van der Waals surface area contributed by atoms with Crippen molar-refractivity contribution >= 4 is 15.9 Å². The molecule has 0 aliphatic rings. The molecular formula is C15H12BrN3O. The molecule has 3 aromatic rings. The van der Waals surface area contributed by atoms with Gasteiger partial charge in [0.1, 0.15) is 11.6 Å². The Morgan fingerprint density at radius 1 is 1.20 bits per heavy atom. The Labute approximate surface area is 125 Å². The van der Waals surface area contributed by atoms with Gasteiger partial charge in [-0.1, -0.05) is 15.9 Å². The monoisotopic (exact) mass is 329 g/mol. The number of methoxy groups -OCH3 is 1. The van der Waals surface area contributed by atoms with Crippen LogP contribution in [0.2, 0.25) is 0 Å². The molecule has 2 aromatic heterocycles. The standard InChI is InChI=1S/C15H12BrN3O/c1-20-11-4-5-13(16)12(7-11)15-18-9-14(19-15)10-3-2-6-17-8-10/h2-9H,1H3,(H,18,19). The average Bonchev–Trinajstić information content (AvgIpc) is 2.98. The quantitative estimate of drug-likeness (QED) is 0.792. The molecule has 5 heteroatoms. The van der Waals surface area contributed by atoms with E-state index in [2.05, 4.69) is 30.9 Å². The third kappa shape index (κ3) is 2.44. The molecule has 3 rings (SSSR count). The fourth-order valence-corrected chi connectivity index (χ4v) is 2.37. The predicted molar refractivity (Wildman–Crippen MR) is 81.5 cm³/mol. The number of benzene rings is 1. The highest BCUT2D eigenvalue weighted by Crippen LogP contribution is 2.31. The van der Waals surface area contributed by atoms with Crippen molar-refractivity contribution in [2.24, 2.45) is 0 Å². The number of pyridine rings is 1. The van der Waals surface area contributed by atoms with Gasteiger partial charge < -0.3 is 9.72 Å². The summed E-state index contributed by atoms with van der Waals surface area (Å²) in [5, 5.41) is 0. The normalized spacial score (nSPS) is 10.5. The number of hydrogen-bond donors (Lipinski definition) is 1. The van der Waals surface area contributed by atoms with E-state index in [-0.39, 0.29) is 0 Å². The molecule has 20 heavy (non-hydrogen) atoms. The third-order valence-electron chi connectivity index (χ3n) is 2.98. The fraction of sp³-hybridized carbons (Fsp3) is 0.0667. The zero-order valence-electron chi connectivity index (χ0n) is 10.8. The predicted octanol–water partition coefficient (Wildman–Crippen LogP) is 3.91. The fourth-order valence-electron chi connectivity index (χ4n) is 1.94. The number of hydrogen-bond acceptors (Lipinski definition) is 3. The van der Waals surface area contributed by atoms with Crippen molar-refractivity contribution in [3.63, 3.8) is 0 Å². The topological polar surface area (TPSA) is 50.8 Å². The molecule has 1 N–H and O–H groups in total. The van der Waals surface area contributed by atoms with E-state index < -0.39 is 0 Å². The Bertz CT molecular complexity index is 725. The largest absolute Gasteiger partial charge is 0.497 e. The molecule has 0 aliphatic carbocycles. The summed E-state index contributed by atoms with van der Waals surface area (Å²) in [6, 6.07) is 9.68. The summed E-state index contributed by atoms with van der Waals surface area (Å²) < 4.78 is 6.21. The molecule has 100 valence electrons. The van der Waals surface area contributed by atoms with Crippen molar-refractivity contribution < 1.29 is 4.74 Å². The van der Waals surface area contributed by atoms with Crippen LogP contribution in [0.3, 0.4) is 0 Å². The lowest BCUT2D eigenvalue weighted by atomic mass is 10.2. The van der Waals surface area contributed by atoms with Crippen molar-refractivity contribution in [1.82, 2.24) is 15.0 Å². The zero-order chi connectivity index (χ0) is 13.9. The van der Waals surface area contributed by atoms with Crippen LogP contribution in [-0.2, 0) is 0 Å². The summed E-state index contributed by atoms with van der Waals surface area (Å²) in [5.74, 6) is 1.58. The summed E-state index contributed by atoms with van der Waals surface area (Å²) in [5.41, 5.74) is 2.90. The van der Waals surface area contributed by atoms with Gasteiger partial charge >= 0.3 is 0 Å². The molecule has 2 heterocycles. The summed E-state index contributed by atoms with van der Waals surface area (Å²) in [6.45, 7) is 0. The van der Waals surface area contributed by atoms with Crippen molar-refractivity contribution in [2.45, 2.75) is 0 Å². The van der Waals surface area contributed by atoms with Crippen LogP contribution in [0.1, 0.15) is 0 Å². The van der Waals surface area contributed by atoms with Crippen LogP contribution >= 0.6 is 15.9 Å². The number of ether oxygens (including phenoxy) is 1. The van der Waals surface area contributed by atoms with Crippen LogP contribution in [0.25, 0.3) is 22.6 Å². The molecule has 0 unspecified atom stereocenters. The lowest BCUT2D eigenvalue weighted by Gasteiger charge is -2.04. The Morgan fingerprint density at radius 2 is 2.10 bits per heavy atom. The number of nitrogens with zero attached hydrogens (tertiary/aromatic N) is 2. The molecule has 0 radical (unpaired) electrons. The van der Waals surface area contributed by atoms with E-state index in [1.54, 1.807) is 25.7 Å². The van der Waals surface area contributed by atoms with E-state index in [1.807, 2.05) is 30.3 Å². The highest BCUT2D eigenvalue weighted by atomic mass is 79.9. The van der Waals surface area contributed by atoms with Crippen LogP contribution in [0.5, 0.6) is 5.75 Å². The van der Waals surface area contributed by atoms with E-state index in [4.69, 9.17) is 4.74 Å². The van der Waals surface area contributed by atoms with Crippen molar-refractivity contribution in [1.29, 1.82) is 0 Å².